The smallest absolute Gasteiger partial charge is 0.243 e. The largest absolute Gasteiger partial charge is 0.368 e. The van der Waals surface area contributed by atoms with E-state index in [1.54, 1.807) is 0 Å². The van der Waals surface area contributed by atoms with Gasteiger partial charge in [-0.1, -0.05) is 0 Å². The zero-order valence-electron chi connectivity index (χ0n) is 12.5. The van der Waals surface area contributed by atoms with Crippen LogP contribution in [0.5, 0.6) is 0 Å². The molecule has 0 saturated carbocycles. The zero-order valence-corrected chi connectivity index (χ0v) is 14.2. The lowest BCUT2D eigenvalue weighted by Gasteiger charge is -2.21. The van der Waals surface area contributed by atoms with Crippen LogP contribution in [0.25, 0.3) is 0 Å². The van der Waals surface area contributed by atoms with E-state index in [2.05, 4.69) is 28.6 Å². The first kappa shape index (κ1) is 20.6. The maximum Gasteiger partial charge on any atom is 0.243 e. The van der Waals surface area contributed by atoms with E-state index in [0.717, 1.165) is 0 Å². The van der Waals surface area contributed by atoms with Crippen molar-refractivity contribution in [3.63, 3.8) is 0 Å². The first-order valence-electron chi connectivity index (χ1n) is 6.56. The lowest BCUT2D eigenvalue weighted by molar-refractivity contribution is -0.131. The average molecular weight is 350 g/mol. The van der Waals surface area contributed by atoms with Crippen molar-refractivity contribution in [3.05, 3.63) is 0 Å². The van der Waals surface area contributed by atoms with Crippen molar-refractivity contribution in [1.29, 1.82) is 0 Å². The molecule has 0 aromatic heterocycles. The molecule has 0 aromatic rings. The SMILES string of the molecule is CSCC[C@H](NC=O)C(=O)N[C@@H](C)C(=O)N[C@@H](CS)C(N)=O. The highest BCUT2D eigenvalue weighted by atomic mass is 32.2. The highest BCUT2D eigenvalue weighted by molar-refractivity contribution is 7.98. The number of hydrogen-bond donors (Lipinski definition) is 5. The Morgan fingerprint density at radius 2 is 1.86 bits per heavy atom. The molecule has 0 unspecified atom stereocenters. The van der Waals surface area contributed by atoms with Crippen LogP contribution in [0, 0.1) is 0 Å². The van der Waals surface area contributed by atoms with Gasteiger partial charge in [-0.25, -0.2) is 0 Å². The minimum absolute atomic E-state index is 0.0603. The lowest BCUT2D eigenvalue weighted by atomic mass is 10.2. The predicted molar refractivity (Wildman–Crippen MR) is 88.6 cm³/mol. The zero-order chi connectivity index (χ0) is 17.1. The van der Waals surface area contributed by atoms with Crippen molar-refractivity contribution in [3.8, 4) is 0 Å². The van der Waals surface area contributed by atoms with Crippen LogP contribution in [0.3, 0.4) is 0 Å². The standard InChI is InChI=1S/C12H22N4O4S2/c1-7(11(19)16-9(5-21)10(13)18)15-12(20)8(14-6-17)3-4-22-2/h6-9,21H,3-5H2,1-2H3,(H2,13,18)(H,14,17)(H,15,20)(H,16,19)/t7-,8-,9-/m0/s1. The van der Waals surface area contributed by atoms with Crippen molar-refractivity contribution >= 4 is 48.5 Å². The molecular weight excluding hydrogens is 328 g/mol. The van der Waals surface area contributed by atoms with Gasteiger partial charge >= 0.3 is 0 Å². The number of nitrogens with two attached hydrogens (primary N) is 1. The summed E-state index contributed by atoms with van der Waals surface area (Å²) in [5.74, 6) is -0.984. The molecule has 0 heterocycles. The molecule has 0 bridgehead atoms. The molecule has 0 aliphatic rings. The van der Waals surface area contributed by atoms with Gasteiger partial charge in [-0.3, -0.25) is 19.2 Å². The number of nitrogens with one attached hydrogen (secondary N) is 3. The Kier molecular flexibility index (Phi) is 10.5. The van der Waals surface area contributed by atoms with Gasteiger partial charge in [-0.2, -0.15) is 24.4 Å². The summed E-state index contributed by atoms with van der Waals surface area (Å²) in [6, 6.07) is -2.49. The van der Waals surface area contributed by atoms with Crippen LogP contribution in [0.1, 0.15) is 13.3 Å². The summed E-state index contributed by atoms with van der Waals surface area (Å²) < 4.78 is 0. The number of carbonyl (C=O) groups is 4. The lowest BCUT2D eigenvalue weighted by Crippen LogP contribution is -2.55. The molecule has 4 amide bonds. The molecule has 0 saturated heterocycles. The van der Waals surface area contributed by atoms with Crippen LogP contribution in [-0.4, -0.2) is 60.0 Å². The van der Waals surface area contributed by atoms with E-state index in [-0.39, 0.29) is 5.75 Å². The summed E-state index contributed by atoms with van der Waals surface area (Å²) in [5.41, 5.74) is 5.10. The van der Waals surface area contributed by atoms with E-state index >= 15 is 0 Å². The number of thioether (sulfide) groups is 1. The third kappa shape index (κ3) is 7.55. The Morgan fingerprint density at radius 1 is 1.23 bits per heavy atom. The van der Waals surface area contributed by atoms with Crippen molar-refractivity contribution < 1.29 is 19.2 Å². The second kappa shape index (κ2) is 11.2. The number of carbonyl (C=O) groups excluding carboxylic acids is 4. The van der Waals surface area contributed by atoms with E-state index in [0.29, 0.717) is 18.6 Å². The van der Waals surface area contributed by atoms with Crippen molar-refractivity contribution in [2.24, 2.45) is 5.73 Å². The Hall–Kier alpha value is -1.42. The van der Waals surface area contributed by atoms with Gasteiger partial charge in [0, 0.05) is 5.75 Å². The van der Waals surface area contributed by atoms with Crippen LogP contribution in [0.2, 0.25) is 0 Å². The molecule has 0 rings (SSSR count). The highest BCUT2D eigenvalue weighted by Crippen LogP contribution is 2.01. The fraction of sp³-hybridized carbons (Fsp3) is 0.667. The molecule has 0 fully saturated rings. The maximum absolute atomic E-state index is 12.0. The Morgan fingerprint density at radius 3 is 2.32 bits per heavy atom. The van der Waals surface area contributed by atoms with E-state index in [1.807, 2.05) is 6.26 Å². The fourth-order valence-corrected chi connectivity index (χ4v) is 2.23. The summed E-state index contributed by atoms with van der Waals surface area (Å²) in [4.78, 5) is 45.5. The second-order valence-electron chi connectivity index (χ2n) is 4.49. The summed E-state index contributed by atoms with van der Waals surface area (Å²) in [7, 11) is 0. The maximum atomic E-state index is 12.0. The molecule has 3 atom stereocenters. The quantitative estimate of drug-likeness (QED) is 0.223. The van der Waals surface area contributed by atoms with Crippen molar-refractivity contribution in [1.82, 2.24) is 16.0 Å². The molecule has 126 valence electrons. The minimum Gasteiger partial charge on any atom is -0.368 e. The molecule has 0 radical (unpaired) electrons. The van der Waals surface area contributed by atoms with Crippen molar-refractivity contribution in [2.75, 3.05) is 17.8 Å². The van der Waals surface area contributed by atoms with Crippen LogP contribution in [-0.2, 0) is 19.2 Å². The van der Waals surface area contributed by atoms with Gasteiger partial charge in [0.2, 0.25) is 24.1 Å². The molecule has 0 aliphatic heterocycles. The van der Waals surface area contributed by atoms with Gasteiger partial charge in [-0.05, 0) is 25.4 Å². The van der Waals surface area contributed by atoms with E-state index in [4.69, 9.17) is 5.73 Å². The number of amides is 4. The Labute approximate surface area is 139 Å². The highest BCUT2D eigenvalue weighted by Gasteiger charge is 2.24. The monoisotopic (exact) mass is 350 g/mol. The van der Waals surface area contributed by atoms with Gasteiger partial charge in [0.25, 0.3) is 0 Å². The van der Waals surface area contributed by atoms with Crippen molar-refractivity contribution in [2.45, 2.75) is 31.5 Å². The van der Waals surface area contributed by atoms with Gasteiger partial charge in [0.15, 0.2) is 0 Å². The third-order valence-electron chi connectivity index (χ3n) is 2.79. The summed E-state index contributed by atoms with van der Waals surface area (Å²) >= 11 is 5.45. The molecule has 0 spiro atoms. The molecule has 5 N–H and O–H groups in total. The van der Waals surface area contributed by atoms with Crippen LogP contribution in [0.4, 0.5) is 0 Å². The fourth-order valence-electron chi connectivity index (χ4n) is 1.49. The molecule has 22 heavy (non-hydrogen) atoms. The minimum atomic E-state index is -0.907. The Balaban J connectivity index is 4.55. The molecule has 0 aliphatic carbocycles. The molecule has 8 nitrogen and oxygen atoms in total. The van der Waals surface area contributed by atoms with Crippen LogP contribution in [0.15, 0.2) is 0 Å². The number of hydrogen-bond acceptors (Lipinski definition) is 6. The first-order valence-corrected chi connectivity index (χ1v) is 8.59. The number of thiol groups is 1. The molecular formula is C12H22N4O4S2. The molecule has 0 aromatic carbocycles. The number of primary amides is 1. The average Bonchev–Trinajstić information content (AvgIpc) is 2.47. The number of rotatable bonds is 11. The van der Waals surface area contributed by atoms with Crippen LogP contribution >= 0.6 is 24.4 Å². The van der Waals surface area contributed by atoms with E-state index in [9.17, 15) is 19.2 Å². The third-order valence-corrected chi connectivity index (χ3v) is 3.80. The molecule has 10 heteroatoms. The predicted octanol–water partition coefficient (Wildman–Crippen LogP) is -1.74. The Bertz CT molecular complexity index is 409. The van der Waals surface area contributed by atoms with Gasteiger partial charge in [0.05, 0.1) is 0 Å². The second-order valence-corrected chi connectivity index (χ2v) is 5.85. The normalized spacial score (nSPS) is 14.3. The first-order chi connectivity index (χ1) is 10.4. The summed E-state index contributed by atoms with van der Waals surface area (Å²) in [6.45, 7) is 1.47. The van der Waals surface area contributed by atoms with Crippen LogP contribution < -0.4 is 21.7 Å². The summed E-state index contributed by atoms with van der Waals surface area (Å²) in [6.07, 6.45) is 2.77. The topological polar surface area (TPSA) is 130 Å². The summed E-state index contributed by atoms with van der Waals surface area (Å²) in [5, 5.41) is 7.28. The van der Waals surface area contributed by atoms with Gasteiger partial charge < -0.3 is 21.7 Å². The van der Waals surface area contributed by atoms with E-state index < -0.39 is 35.8 Å². The van der Waals surface area contributed by atoms with Gasteiger partial charge in [0.1, 0.15) is 18.1 Å². The van der Waals surface area contributed by atoms with E-state index in [1.165, 1.54) is 18.7 Å². The van der Waals surface area contributed by atoms with Gasteiger partial charge in [-0.15, -0.1) is 0 Å².